The Morgan fingerprint density at radius 1 is 0.938 bits per heavy atom. The first kappa shape index (κ1) is 21.5. The molecule has 1 aromatic carbocycles. The third kappa shape index (κ3) is 5.13. The molecule has 0 aliphatic carbocycles. The van der Waals surface area contributed by atoms with Crippen molar-refractivity contribution < 1.29 is 22.7 Å². The lowest BCUT2D eigenvalue weighted by atomic mass is 10.2. The van der Waals surface area contributed by atoms with Gasteiger partial charge in [0, 0.05) is 32.4 Å². The fourth-order valence-electron chi connectivity index (χ4n) is 3.33. The SMILES string of the molecule is O=C(COc1cccc(C(F)(F)F)c1)N1CCN(c2ccc(-c3ccccn3)nn2)CC1. The van der Waals surface area contributed by atoms with E-state index < -0.39 is 11.7 Å². The second-order valence-electron chi connectivity index (χ2n) is 7.17. The van der Waals surface area contributed by atoms with Crippen molar-refractivity contribution in [3.05, 3.63) is 66.4 Å². The number of carbonyl (C=O) groups excluding carboxylic acids is 1. The Hall–Kier alpha value is -3.69. The number of piperazine rings is 1. The van der Waals surface area contributed by atoms with E-state index in [1.165, 1.54) is 12.1 Å². The summed E-state index contributed by atoms with van der Waals surface area (Å²) in [4.78, 5) is 20.3. The molecule has 0 spiro atoms. The number of aromatic nitrogens is 3. The topological polar surface area (TPSA) is 71.5 Å². The normalized spacial score (nSPS) is 14.3. The van der Waals surface area contributed by atoms with Gasteiger partial charge in [-0.1, -0.05) is 12.1 Å². The quantitative estimate of drug-likeness (QED) is 0.603. The number of ether oxygens (including phenoxy) is 1. The molecule has 7 nitrogen and oxygen atoms in total. The lowest BCUT2D eigenvalue weighted by Crippen LogP contribution is -2.50. The smallest absolute Gasteiger partial charge is 0.416 e. The summed E-state index contributed by atoms with van der Waals surface area (Å²) in [5, 5.41) is 8.50. The highest BCUT2D eigenvalue weighted by atomic mass is 19.4. The minimum absolute atomic E-state index is 0.00933. The fraction of sp³-hybridized carbons (Fsp3) is 0.273. The highest BCUT2D eigenvalue weighted by Gasteiger charge is 2.30. The Morgan fingerprint density at radius 2 is 1.75 bits per heavy atom. The number of anilines is 1. The van der Waals surface area contributed by atoms with Gasteiger partial charge >= 0.3 is 6.18 Å². The maximum Gasteiger partial charge on any atom is 0.416 e. The Morgan fingerprint density at radius 3 is 2.41 bits per heavy atom. The van der Waals surface area contributed by atoms with Crippen molar-refractivity contribution in [2.24, 2.45) is 0 Å². The first-order chi connectivity index (χ1) is 15.4. The summed E-state index contributed by atoms with van der Waals surface area (Å²) >= 11 is 0. The van der Waals surface area contributed by atoms with Crippen LogP contribution >= 0.6 is 0 Å². The van der Waals surface area contributed by atoms with Gasteiger partial charge in [-0.05, 0) is 42.5 Å². The summed E-state index contributed by atoms with van der Waals surface area (Å²) < 4.78 is 43.7. The van der Waals surface area contributed by atoms with Gasteiger partial charge in [-0.15, -0.1) is 10.2 Å². The maximum absolute atomic E-state index is 12.8. The van der Waals surface area contributed by atoms with Crippen LogP contribution in [0.5, 0.6) is 5.75 Å². The van der Waals surface area contributed by atoms with Crippen molar-refractivity contribution in [2.75, 3.05) is 37.7 Å². The molecule has 0 radical (unpaired) electrons. The lowest BCUT2D eigenvalue weighted by molar-refractivity contribution is -0.137. The number of hydrogen-bond acceptors (Lipinski definition) is 6. The summed E-state index contributed by atoms with van der Waals surface area (Å²) in [5.41, 5.74) is 0.601. The van der Waals surface area contributed by atoms with Crippen molar-refractivity contribution >= 4 is 11.7 Å². The van der Waals surface area contributed by atoms with Gasteiger partial charge in [0.1, 0.15) is 11.4 Å². The Bertz CT molecular complexity index is 1050. The molecule has 2 aromatic heterocycles. The molecule has 1 aliphatic heterocycles. The molecule has 0 bridgehead atoms. The second-order valence-corrected chi connectivity index (χ2v) is 7.17. The van der Waals surface area contributed by atoms with Crippen LogP contribution in [0.25, 0.3) is 11.4 Å². The minimum Gasteiger partial charge on any atom is -0.484 e. The molecule has 166 valence electrons. The molecule has 0 atom stereocenters. The third-order valence-electron chi connectivity index (χ3n) is 5.06. The Kier molecular flexibility index (Phi) is 6.20. The minimum atomic E-state index is -4.46. The van der Waals surface area contributed by atoms with Gasteiger partial charge < -0.3 is 14.5 Å². The third-order valence-corrected chi connectivity index (χ3v) is 5.06. The average Bonchev–Trinajstić information content (AvgIpc) is 2.83. The molecule has 1 fully saturated rings. The van der Waals surface area contributed by atoms with Crippen LogP contribution in [0.15, 0.2) is 60.8 Å². The number of pyridine rings is 1. The zero-order valence-corrected chi connectivity index (χ0v) is 17.0. The number of nitrogens with zero attached hydrogens (tertiary/aromatic N) is 5. The number of amides is 1. The monoisotopic (exact) mass is 443 g/mol. The van der Waals surface area contributed by atoms with Gasteiger partial charge in [0.2, 0.25) is 0 Å². The molecular formula is C22H20F3N5O2. The van der Waals surface area contributed by atoms with Crippen LogP contribution in [0.1, 0.15) is 5.56 Å². The Labute approximate surface area is 182 Å². The van der Waals surface area contributed by atoms with Crippen LogP contribution in [0.2, 0.25) is 0 Å². The predicted octanol–water partition coefficient (Wildman–Crippen LogP) is 3.29. The van der Waals surface area contributed by atoms with Gasteiger partial charge in [0.15, 0.2) is 12.4 Å². The zero-order chi connectivity index (χ0) is 22.6. The molecule has 4 rings (SSSR count). The van der Waals surface area contributed by atoms with E-state index in [4.69, 9.17) is 4.74 Å². The van der Waals surface area contributed by atoms with E-state index in [0.717, 1.165) is 17.8 Å². The molecule has 3 heterocycles. The molecule has 1 saturated heterocycles. The fourth-order valence-corrected chi connectivity index (χ4v) is 3.33. The van der Waals surface area contributed by atoms with Crippen LogP contribution in [0.4, 0.5) is 19.0 Å². The molecule has 32 heavy (non-hydrogen) atoms. The standard InChI is InChI=1S/C22H20F3N5O2/c23-22(24,25)16-4-3-5-17(14-16)32-15-21(31)30-12-10-29(11-13-30)20-8-7-19(27-28-20)18-6-1-2-9-26-18/h1-9,14H,10-13,15H2. The van der Waals surface area contributed by atoms with Gasteiger partial charge in [0.25, 0.3) is 5.91 Å². The van der Waals surface area contributed by atoms with E-state index in [1.807, 2.05) is 35.2 Å². The number of halogens is 3. The number of carbonyl (C=O) groups is 1. The van der Waals surface area contributed by atoms with Crippen molar-refractivity contribution in [1.29, 1.82) is 0 Å². The lowest BCUT2D eigenvalue weighted by Gasteiger charge is -2.35. The van der Waals surface area contributed by atoms with Crippen molar-refractivity contribution in [2.45, 2.75) is 6.18 Å². The molecule has 3 aromatic rings. The first-order valence-corrected chi connectivity index (χ1v) is 9.98. The summed E-state index contributed by atoms with van der Waals surface area (Å²) in [7, 11) is 0. The predicted molar refractivity (Wildman–Crippen MR) is 111 cm³/mol. The van der Waals surface area contributed by atoms with Crippen LogP contribution in [0, 0.1) is 0 Å². The average molecular weight is 443 g/mol. The maximum atomic E-state index is 12.8. The van der Waals surface area contributed by atoms with Crippen LogP contribution in [-0.4, -0.2) is 58.8 Å². The van der Waals surface area contributed by atoms with E-state index in [-0.39, 0.29) is 18.3 Å². The number of benzene rings is 1. The number of hydrogen-bond donors (Lipinski definition) is 0. The van der Waals surface area contributed by atoms with Crippen LogP contribution in [0.3, 0.4) is 0 Å². The molecule has 0 saturated carbocycles. The molecule has 0 N–H and O–H groups in total. The van der Waals surface area contributed by atoms with Gasteiger partial charge in [0.05, 0.1) is 11.3 Å². The van der Waals surface area contributed by atoms with Crippen molar-refractivity contribution in [3.8, 4) is 17.1 Å². The largest absolute Gasteiger partial charge is 0.484 e. The van der Waals surface area contributed by atoms with E-state index in [2.05, 4.69) is 15.2 Å². The molecule has 0 unspecified atom stereocenters. The number of rotatable bonds is 5. The van der Waals surface area contributed by atoms with Crippen LogP contribution < -0.4 is 9.64 Å². The van der Waals surface area contributed by atoms with E-state index >= 15 is 0 Å². The summed E-state index contributed by atoms with van der Waals surface area (Å²) in [6, 6.07) is 13.8. The summed E-state index contributed by atoms with van der Waals surface area (Å²) in [6.45, 7) is 1.71. The van der Waals surface area contributed by atoms with Crippen molar-refractivity contribution in [3.63, 3.8) is 0 Å². The Balaban J connectivity index is 1.28. The van der Waals surface area contributed by atoms with Gasteiger partial charge in [-0.3, -0.25) is 9.78 Å². The molecule has 10 heteroatoms. The summed E-state index contributed by atoms with van der Waals surface area (Å²) in [5.74, 6) is 0.436. The molecule has 1 aliphatic rings. The van der Waals surface area contributed by atoms with E-state index in [9.17, 15) is 18.0 Å². The highest BCUT2D eigenvalue weighted by molar-refractivity contribution is 5.78. The van der Waals surface area contributed by atoms with Gasteiger partial charge in [-0.2, -0.15) is 13.2 Å². The zero-order valence-electron chi connectivity index (χ0n) is 17.0. The summed E-state index contributed by atoms with van der Waals surface area (Å²) in [6.07, 6.45) is -2.77. The van der Waals surface area contributed by atoms with E-state index in [1.54, 1.807) is 11.1 Å². The molecule has 1 amide bonds. The second kappa shape index (κ2) is 9.21. The number of alkyl halides is 3. The van der Waals surface area contributed by atoms with Crippen LogP contribution in [-0.2, 0) is 11.0 Å². The van der Waals surface area contributed by atoms with E-state index in [0.29, 0.717) is 37.7 Å². The van der Waals surface area contributed by atoms with Gasteiger partial charge in [-0.25, -0.2) is 0 Å². The van der Waals surface area contributed by atoms with Crippen molar-refractivity contribution in [1.82, 2.24) is 20.1 Å². The first-order valence-electron chi connectivity index (χ1n) is 9.98. The molecular weight excluding hydrogens is 423 g/mol. The highest BCUT2D eigenvalue weighted by Crippen LogP contribution is 2.31.